The molecule has 0 aliphatic carbocycles. The van der Waals surface area contributed by atoms with Crippen molar-refractivity contribution >= 4 is 0 Å². The molecule has 1 aliphatic rings. The number of aliphatic hydroxyl groups excluding tert-OH is 1. The normalized spacial score (nSPS) is 17.3. The number of aromatic nitrogens is 1. The van der Waals surface area contributed by atoms with Crippen LogP contribution in [0.4, 0.5) is 0 Å². The average Bonchev–Trinajstić information content (AvgIpc) is 3.04. The summed E-state index contributed by atoms with van der Waals surface area (Å²) in [4.78, 5) is 2.16. The summed E-state index contributed by atoms with van der Waals surface area (Å²) >= 11 is 0. The Morgan fingerprint density at radius 2 is 2.00 bits per heavy atom. The number of aliphatic hydroxyl groups is 1. The van der Waals surface area contributed by atoms with E-state index in [2.05, 4.69) is 10.1 Å². The minimum atomic E-state index is -0.560. The predicted octanol–water partition coefficient (Wildman–Crippen LogP) is 1.41. The smallest absolute Gasteiger partial charge is 0.254 e. The number of ether oxygens (including phenoxy) is 2. The Balaban J connectivity index is 1.48. The van der Waals surface area contributed by atoms with Gasteiger partial charge in [0.2, 0.25) is 0 Å². The third-order valence-corrected chi connectivity index (χ3v) is 3.54. The Morgan fingerprint density at radius 3 is 2.77 bits per heavy atom. The highest BCUT2D eigenvalue weighted by Crippen LogP contribution is 2.23. The first-order valence-electron chi connectivity index (χ1n) is 7.44. The monoisotopic (exact) mass is 304 g/mol. The molecule has 1 saturated heterocycles. The molecule has 1 aromatic carbocycles. The predicted molar refractivity (Wildman–Crippen MR) is 80.7 cm³/mol. The number of benzene rings is 1. The molecule has 2 heterocycles. The highest BCUT2D eigenvalue weighted by Gasteiger charge is 2.16. The van der Waals surface area contributed by atoms with Crippen molar-refractivity contribution in [2.75, 3.05) is 39.5 Å². The summed E-state index contributed by atoms with van der Waals surface area (Å²) in [5, 5.41) is 13.9. The first kappa shape index (κ1) is 15.0. The first-order valence-corrected chi connectivity index (χ1v) is 7.44. The molecule has 0 saturated carbocycles. The fourth-order valence-electron chi connectivity index (χ4n) is 2.38. The first-order chi connectivity index (χ1) is 10.8. The van der Waals surface area contributed by atoms with E-state index in [9.17, 15) is 5.11 Å². The van der Waals surface area contributed by atoms with E-state index in [0.717, 1.165) is 31.9 Å². The summed E-state index contributed by atoms with van der Waals surface area (Å²) in [6, 6.07) is 11.4. The molecule has 1 unspecified atom stereocenters. The van der Waals surface area contributed by atoms with E-state index < -0.39 is 6.10 Å². The molecule has 22 heavy (non-hydrogen) atoms. The molecular weight excluding hydrogens is 284 g/mol. The standard InChI is InChI=1S/C16H20N2O4/c19-14(11-18-6-8-20-9-7-18)12-21-16-10-15(22-17-16)13-4-2-1-3-5-13/h1-5,10,14,19H,6-9,11-12H2. The molecule has 1 fully saturated rings. The van der Waals surface area contributed by atoms with Crippen LogP contribution in [0.15, 0.2) is 40.9 Å². The van der Waals surface area contributed by atoms with Crippen LogP contribution in [0.2, 0.25) is 0 Å². The molecule has 3 rings (SSSR count). The van der Waals surface area contributed by atoms with Gasteiger partial charge in [-0.15, -0.1) is 0 Å². The maximum Gasteiger partial charge on any atom is 0.254 e. The Kier molecular flexibility index (Phi) is 5.05. The Bertz CT molecular complexity index is 567. The number of morpholine rings is 1. The van der Waals surface area contributed by atoms with Crippen molar-refractivity contribution in [1.29, 1.82) is 0 Å². The second-order valence-corrected chi connectivity index (χ2v) is 5.27. The number of hydrogen-bond acceptors (Lipinski definition) is 6. The molecule has 1 atom stereocenters. The molecule has 2 aromatic rings. The second kappa shape index (κ2) is 7.40. The van der Waals surface area contributed by atoms with Gasteiger partial charge in [-0.05, 0) is 5.16 Å². The van der Waals surface area contributed by atoms with Crippen LogP contribution in [-0.4, -0.2) is 60.7 Å². The van der Waals surface area contributed by atoms with Gasteiger partial charge in [-0.2, -0.15) is 0 Å². The lowest BCUT2D eigenvalue weighted by atomic mass is 10.2. The molecule has 6 nitrogen and oxygen atoms in total. The molecule has 0 amide bonds. The van der Waals surface area contributed by atoms with E-state index in [1.807, 2.05) is 30.3 Å². The summed E-state index contributed by atoms with van der Waals surface area (Å²) < 4.78 is 16.0. The molecule has 1 N–H and O–H groups in total. The van der Waals surface area contributed by atoms with Crippen LogP contribution >= 0.6 is 0 Å². The zero-order valence-electron chi connectivity index (χ0n) is 12.4. The average molecular weight is 304 g/mol. The quantitative estimate of drug-likeness (QED) is 0.870. The number of nitrogens with zero attached hydrogens (tertiary/aromatic N) is 2. The van der Waals surface area contributed by atoms with Gasteiger partial charge in [-0.25, -0.2) is 0 Å². The molecule has 0 spiro atoms. The van der Waals surface area contributed by atoms with Crippen LogP contribution < -0.4 is 4.74 Å². The van der Waals surface area contributed by atoms with Gasteiger partial charge in [-0.3, -0.25) is 4.90 Å². The van der Waals surface area contributed by atoms with Crippen LogP contribution in [0, 0.1) is 0 Å². The number of β-amino-alcohol motifs (C(OH)–C–C–N with tert-alkyl or cyclic N) is 1. The van der Waals surface area contributed by atoms with E-state index >= 15 is 0 Å². The lowest BCUT2D eigenvalue weighted by molar-refractivity contribution is 0.00396. The van der Waals surface area contributed by atoms with Crippen LogP contribution in [0.1, 0.15) is 0 Å². The highest BCUT2D eigenvalue weighted by atomic mass is 16.5. The highest BCUT2D eigenvalue weighted by molar-refractivity contribution is 5.57. The molecule has 6 heteroatoms. The van der Waals surface area contributed by atoms with E-state index in [1.54, 1.807) is 6.07 Å². The van der Waals surface area contributed by atoms with Crippen molar-refractivity contribution in [3.8, 4) is 17.2 Å². The van der Waals surface area contributed by atoms with Crippen LogP contribution in [0.5, 0.6) is 5.88 Å². The van der Waals surface area contributed by atoms with E-state index in [4.69, 9.17) is 14.0 Å². The van der Waals surface area contributed by atoms with Crippen LogP contribution in [0.3, 0.4) is 0 Å². The summed E-state index contributed by atoms with van der Waals surface area (Å²) in [7, 11) is 0. The van der Waals surface area contributed by atoms with E-state index in [-0.39, 0.29) is 6.61 Å². The fraction of sp³-hybridized carbons (Fsp3) is 0.438. The van der Waals surface area contributed by atoms with Crippen molar-refractivity contribution in [3.05, 3.63) is 36.4 Å². The van der Waals surface area contributed by atoms with Crippen molar-refractivity contribution in [1.82, 2.24) is 10.1 Å². The van der Waals surface area contributed by atoms with Crippen molar-refractivity contribution in [2.45, 2.75) is 6.10 Å². The lowest BCUT2D eigenvalue weighted by Crippen LogP contribution is -2.42. The molecule has 118 valence electrons. The van der Waals surface area contributed by atoms with E-state index in [1.165, 1.54) is 0 Å². The van der Waals surface area contributed by atoms with Crippen molar-refractivity contribution in [3.63, 3.8) is 0 Å². The van der Waals surface area contributed by atoms with Crippen molar-refractivity contribution in [2.24, 2.45) is 0 Å². The van der Waals surface area contributed by atoms with Gasteiger partial charge in [-0.1, -0.05) is 30.3 Å². The third kappa shape index (κ3) is 4.07. The Hall–Kier alpha value is -1.89. The van der Waals surface area contributed by atoms with E-state index in [0.29, 0.717) is 18.2 Å². The van der Waals surface area contributed by atoms with Gasteiger partial charge in [0.05, 0.1) is 13.2 Å². The molecular formula is C16H20N2O4. The molecule has 0 radical (unpaired) electrons. The SMILES string of the molecule is OC(COc1cc(-c2ccccc2)on1)CN1CCOCC1. The summed E-state index contributed by atoms with van der Waals surface area (Å²) in [5.74, 6) is 1.04. The Morgan fingerprint density at radius 1 is 1.23 bits per heavy atom. The fourth-order valence-corrected chi connectivity index (χ4v) is 2.38. The van der Waals surface area contributed by atoms with Gasteiger partial charge in [0.25, 0.3) is 5.88 Å². The summed E-state index contributed by atoms with van der Waals surface area (Å²) in [6.45, 7) is 3.90. The van der Waals surface area contributed by atoms with Crippen molar-refractivity contribution < 1.29 is 19.1 Å². The van der Waals surface area contributed by atoms with Gasteiger partial charge < -0.3 is 19.1 Å². The number of hydrogen-bond donors (Lipinski definition) is 1. The summed E-state index contributed by atoms with van der Waals surface area (Å²) in [5.41, 5.74) is 0.943. The van der Waals surface area contributed by atoms with Gasteiger partial charge >= 0.3 is 0 Å². The largest absolute Gasteiger partial charge is 0.473 e. The number of rotatable bonds is 6. The maximum atomic E-state index is 10.0. The minimum absolute atomic E-state index is 0.193. The maximum absolute atomic E-state index is 10.0. The summed E-state index contributed by atoms with van der Waals surface area (Å²) in [6.07, 6.45) is -0.560. The minimum Gasteiger partial charge on any atom is -0.473 e. The Labute approximate surface area is 129 Å². The third-order valence-electron chi connectivity index (χ3n) is 3.54. The van der Waals surface area contributed by atoms with Gasteiger partial charge in [0.1, 0.15) is 12.7 Å². The zero-order chi connectivity index (χ0) is 15.2. The topological polar surface area (TPSA) is 68.0 Å². The second-order valence-electron chi connectivity index (χ2n) is 5.27. The molecule has 1 aliphatic heterocycles. The lowest BCUT2D eigenvalue weighted by Gasteiger charge is -2.28. The van der Waals surface area contributed by atoms with Crippen LogP contribution in [0.25, 0.3) is 11.3 Å². The van der Waals surface area contributed by atoms with Crippen LogP contribution in [-0.2, 0) is 4.74 Å². The van der Waals surface area contributed by atoms with Gasteiger partial charge in [0, 0.05) is 31.3 Å². The molecule has 1 aromatic heterocycles. The zero-order valence-corrected chi connectivity index (χ0v) is 12.4. The van der Waals surface area contributed by atoms with Gasteiger partial charge in [0.15, 0.2) is 5.76 Å². The molecule has 0 bridgehead atoms.